The molecule has 140 valence electrons. The molecule has 27 heavy (non-hydrogen) atoms. The van der Waals surface area contributed by atoms with Crippen molar-refractivity contribution in [1.29, 1.82) is 0 Å². The number of fused-ring (bicyclic) bond motifs is 1. The summed E-state index contributed by atoms with van der Waals surface area (Å²) in [5.74, 6) is 0. The lowest BCUT2D eigenvalue weighted by Crippen LogP contribution is -2.38. The Labute approximate surface area is 186 Å². The van der Waals surface area contributed by atoms with Gasteiger partial charge in [-0.05, 0) is 43.2 Å². The molecule has 2 aromatic rings. The van der Waals surface area contributed by atoms with Crippen LogP contribution in [-0.4, -0.2) is 16.8 Å². The van der Waals surface area contributed by atoms with Crippen molar-refractivity contribution >= 4 is 81.0 Å². The summed E-state index contributed by atoms with van der Waals surface area (Å²) in [6, 6.07) is 6.54. The van der Waals surface area contributed by atoms with E-state index in [-0.39, 0.29) is 12.1 Å². The summed E-state index contributed by atoms with van der Waals surface area (Å²) in [5, 5.41) is 9.23. The van der Waals surface area contributed by atoms with Gasteiger partial charge in [-0.1, -0.05) is 75.7 Å². The smallest absolute Gasteiger partial charge is 0.123 e. The molecule has 0 spiro atoms. The maximum absolute atomic E-state index is 6.45. The molecule has 0 N–H and O–H groups in total. The van der Waals surface area contributed by atoms with Gasteiger partial charge in [-0.3, -0.25) is 0 Å². The third kappa shape index (κ3) is 3.55. The second-order valence-electron chi connectivity index (χ2n) is 6.28. The van der Waals surface area contributed by atoms with Crippen molar-refractivity contribution in [2.45, 2.75) is 24.9 Å². The van der Waals surface area contributed by atoms with E-state index < -0.39 is 0 Å². The van der Waals surface area contributed by atoms with Gasteiger partial charge in [0.05, 0.1) is 25.3 Å². The summed E-state index contributed by atoms with van der Waals surface area (Å²) in [4.78, 5) is 0. The van der Waals surface area contributed by atoms with Gasteiger partial charge in [0.25, 0.3) is 0 Å². The van der Waals surface area contributed by atoms with E-state index >= 15 is 0 Å². The van der Waals surface area contributed by atoms with Crippen LogP contribution in [0.3, 0.4) is 0 Å². The van der Waals surface area contributed by atoms with Crippen molar-refractivity contribution in [1.82, 2.24) is 0 Å². The van der Waals surface area contributed by atoms with Gasteiger partial charge in [0.2, 0.25) is 0 Å². The molecule has 0 amide bonds. The van der Waals surface area contributed by atoms with Gasteiger partial charge in [0, 0.05) is 10.0 Å². The van der Waals surface area contributed by atoms with E-state index in [9.17, 15) is 0 Å². The monoisotopic (exact) mass is 480 g/mol. The molecule has 0 bridgehead atoms. The number of hydrogen-bond donors (Lipinski definition) is 0. The molecule has 0 aromatic heterocycles. The lowest BCUT2D eigenvalue weighted by molar-refractivity contribution is -0.526. The highest BCUT2D eigenvalue weighted by Gasteiger charge is 2.48. The van der Waals surface area contributed by atoms with Crippen LogP contribution in [0, 0.1) is 0 Å². The van der Waals surface area contributed by atoms with E-state index in [1.54, 1.807) is 29.0 Å². The normalized spacial score (nSPS) is 21.4. The van der Waals surface area contributed by atoms with Crippen LogP contribution in [0.25, 0.3) is 0 Å². The van der Waals surface area contributed by atoms with Crippen LogP contribution in [0.2, 0.25) is 30.1 Å². The van der Waals surface area contributed by atoms with Gasteiger partial charge < -0.3 is 0 Å². The van der Waals surface area contributed by atoms with Crippen molar-refractivity contribution < 1.29 is 4.70 Å². The molecule has 0 radical (unpaired) electrons. The van der Waals surface area contributed by atoms with Gasteiger partial charge >= 0.3 is 0 Å². The van der Waals surface area contributed by atoms with Crippen LogP contribution < -0.4 is 5.01 Å². The first-order chi connectivity index (χ1) is 12.9. The van der Waals surface area contributed by atoms with E-state index in [1.165, 1.54) is 0 Å². The summed E-state index contributed by atoms with van der Waals surface area (Å²) in [7, 11) is 0. The maximum atomic E-state index is 6.45. The lowest BCUT2D eigenvalue weighted by atomic mass is 9.96. The zero-order chi connectivity index (χ0) is 19.3. The van der Waals surface area contributed by atoms with Gasteiger partial charge in [-0.2, -0.15) is 0 Å². The molecule has 2 aliphatic rings. The standard InChI is InChI=1S/C18H12Cl6N3/c19-9-5-11(21)17(12(22)6-9)26-15-3-1-2-4-16(15)27(25-26)18-13(23)7-10(20)8-14(18)24/h1,3,5-8,15-16H,2,4H2/q+1/t15-,16+/m0/s1. The first kappa shape index (κ1) is 19.6. The van der Waals surface area contributed by atoms with Gasteiger partial charge in [0.15, 0.2) is 23.5 Å². The molecule has 9 heteroatoms. The number of benzene rings is 2. The minimum atomic E-state index is -0.0715. The van der Waals surface area contributed by atoms with Gasteiger partial charge in [0.1, 0.15) is 0 Å². The Hall–Kier alpha value is -0.680. The molecular formula is C18H12Cl6N3+. The highest BCUT2D eigenvalue weighted by molar-refractivity contribution is 6.42. The summed E-state index contributed by atoms with van der Waals surface area (Å²) >= 11 is 37.9. The molecule has 1 aliphatic heterocycles. The van der Waals surface area contributed by atoms with Crippen molar-refractivity contribution in [3.8, 4) is 0 Å². The number of halogens is 6. The Kier molecular flexibility index (Phi) is 5.54. The number of anilines is 1. The zero-order valence-corrected chi connectivity index (χ0v) is 18.2. The summed E-state index contributed by atoms with van der Waals surface area (Å²) < 4.78 is 1.79. The molecule has 4 rings (SSSR count). The number of nitrogens with zero attached hydrogens (tertiary/aromatic N) is 3. The van der Waals surface area contributed by atoms with Crippen molar-refractivity contribution in [3.05, 3.63) is 66.6 Å². The predicted octanol–water partition coefficient (Wildman–Crippen LogP) is 8.23. The minimum Gasteiger partial charge on any atom is -0.123 e. The van der Waals surface area contributed by atoms with E-state index in [0.717, 1.165) is 12.8 Å². The van der Waals surface area contributed by atoms with E-state index in [1.807, 2.05) is 5.01 Å². The third-order valence-corrected chi connectivity index (χ3v) is 6.16. The van der Waals surface area contributed by atoms with E-state index in [0.29, 0.717) is 41.5 Å². The van der Waals surface area contributed by atoms with Crippen LogP contribution in [0.4, 0.5) is 11.4 Å². The predicted molar refractivity (Wildman–Crippen MR) is 114 cm³/mol. The SMILES string of the molecule is Clc1cc(Cl)c(N2N=[N+](c3c(Cl)cc(Cl)cc3Cl)[C@H]3C=CCC[C@H]32)c(Cl)c1. The van der Waals surface area contributed by atoms with Crippen LogP contribution >= 0.6 is 69.6 Å². The molecule has 2 atom stereocenters. The van der Waals surface area contributed by atoms with Crippen LogP contribution in [-0.2, 0) is 0 Å². The number of allylic oxidation sites excluding steroid dienone is 1. The topological polar surface area (TPSA) is 18.6 Å². The van der Waals surface area contributed by atoms with Crippen LogP contribution in [0.1, 0.15) is 12.8 Å². The molecule has 0 saturated carbocycles. The van der Waals surface area contributed by atoms with E-state index in [2.05, 4.69) is 12.2 Å². The highest BCUT2D eigenvalue weighted by atomic mass is 35.5. The fourth-order valence-electron chi connectivity index (χ4n) is 3.45. The van der Waals surface area contributed by atoms with Crippen LogP contribution in [0.5, 0.6) is 0 Å². The molecular weight excluding hydrogens is 471 g/mol. The third-order valence-electron chi connectivity index (χ3n) is 4.57. The van der Waals surface area contributed by atoms with Crippen molar-refractivity contribution in [2.75, 3.05) is 5.01 Å². The van der Waals surface area contributed by atoms with Gasteiger partial charge in [-0.15, -0.1) is 9.71 Å². The Morgan fingerprint density at radius 2 is 1.41 bits per heavy atom. The second kappa shape index (κ2) is 7.62. The Balaban J connectivity index is 1.89. The highest BCUT2D eigenvalue weighted by Crippen LogP contribution is 2.45. The molecule has 0 saturated heterocycles. The summed E-state index contributed by atoms with van der Waals surface area (Å²) in [6.07, 6.45) is 6.01. The molecule has 1 aliphatic carbocycles. The Morgan fingerprint density at radius 3 is 2.00 bits per heavy atom. The summed E-state index contributed by atoms with van der Waals surface area (Å²) in [5.41, 5.74) is 1.20. The molecule has 3 nitrogen and oxygen atoms in total. The molecule has 1 heterocycles. The van der Waals surface area contributed by atoms with Crippen molar-refractivity contribution in [3.63, 3.8) is 0 Å². The minimum absolute atomic E-state index is 0.0222. The molecule has 0 unspecified atom stereocenters. The Bertz CT molecular complexity index is 941. The Morgan fingerprint density at radius 1 is 0.852 bits per heavy atom. The fourth-order valence-corrected chi connectivity index (χ4v) is 5.43. The zero-order valence-electron chi connectivity index (χ0n) is 13.6. The van der Waals surface area contributed by atoms with Crippen LogP contribution in [0.15, 0.2) is 41.6 Å². The first-order valence-electron chi connectivity index (χ1n) is 8.12. The van der Waals surface area contributed by atoms with E-state index in [4.69, 9.17) is 74.8 Å². The number of hydrogen-bond acceptors (Lipinski definition) is 2. The molecule has 2 aromatic carbocycles. The van der Waals surface area contributed by atoms with Crippen molar-refractivity contribution in [2.24, 2.45) is 5.22 Å². The number of rotatable bonds is 2. The fraction of sp³-hybridized carbons (Fsp3) is 0.222. The largest absolute Gasteiger partial charge is 0.187 e. The average Bonchev–Trinajstić information content (AvgIpc) is 2.93. The first-order valence-corrected chi connectivity index (χ1v) is 10.4. The second-order valence-corrected chi connectivity index (χ2v) is 8.78. The maximum Gasteiger partial charge on any atom is 0.187 e. The molecule has 0 fully saturated rings. The lowest BCUT2D eigenvalue weighted by Gasteiger charge is -2.21. The average molecular weight is 483 g/mol. The summed E-state index contributed by atoms with van der Waals surface area (Å²) in [6.45, 7) is 0. The quantitative estimate of drug-likeness (QED) is 0.311. The van der Waals surface area contributed by atoms with Gasteiger partial charge in [-0.25, -0.2) is 0 Å².